The molecule has 0 radical (unpaired) electrons. The van der Waals surface area contributed by atoms with Crippen molar-refractivity contribution in [3.63, 3.8) is 0 Å². The number of carbonyl (C=O) groups excluding carboxylic acids is 1. The van der Waals surface area contributed by atoms with Crippen LogP contribution in [0, 0.1) is 6.92 Å². The lowest BCUT2D eigenvalue weighted by Gasteiger charge is -2.27. The van der Waals surface area contributed by atoms with Gasteiger partial charge in [-0.2, -0.15) is 0 Å². The van der Waals surface area contributed by atoms with E-state index in [0.29, 0.717) is 17.3 Å². The third-order valence-electron chi connectivity index (χ3n) is 4.76. The Balaban J connectivity index is 1.36. The number of aryl methyl sites for hydroxylation is 1. The van der Waals surface area contributed by atoms with Gasteiger partial charge in [-0.1, -0.05) is 23.5 Å². The average molecular weight is 418 g/mol. The molecule has 5 rings (SSSR count). The summed E-state index contributed by atoms with van der Waals surface area (Å²) in [5.41, 5.74) is 1.45. The van der Waals surface area contributed by atoms with Crippen LogP contribution in [-0.4, -0.2) is 45.3 Å². The smallest absolute Gasteiger partial charge is 0.257 e. The van der Waals surface area contributed by atoms with Gasteiger partial charge >= 0.3 is 0 Å². The quantitative estimate of drug-likeness (QED) is 0.513. The molecule has 4 aromatic rings. The Labute approximate surface area is 176 Å². The molecule has 0 unspecified atom stereocenters. The van der Waals surface area contributed by atoms with Crippen LogP contribution >= 0.6 is 11.3 Å². The summed E-state index contributed by atoms with van der Waals surface area (Å²) in [4.78, 5) is 21.2. The first kappa shape index (κ1) is 18.6. The average Bonchev–Trinajstić information content (AvgIpc) is 3.17. The Kier molecular flexibility index (Phi) is 4.82. The summed E-state index contributed by atoms with van der Waals surface area (Å²) >= 11 is 1.54. The van der Waals surface area contributed by atoms with Gasteiger partial charge in [0, 0.05) is 48.1 Å². The number of amides is 1. The fraction of sp³-hybridized carbons (Fsp3) is 0.190. The lowest BCUT2D eigenvalue weighted by atomic mass is 10.1. The molecule has 1 aliphatic heterocycles. The normalized spacial score (nSPS) is 13.8. The van der Waals surface area contributed by atoms with Crippen molar-refractivity contribution in [1.82, 2.24) is 25.5 Å². The molecule has 30 heavy (non-hydrogen) atoms. The predicted molar refractivity (Wildman–Crippen MR) is 115 cm³/mol. The van der Waals surface area contributed by atoms with E-state index in [-0.39, 0.29) is 12.0 Å². The minimum Gasteiger partial charge on any atom is -0.472 e. The van der Waals surface area contributed by atoms with Crippen molar-refractivity contribution in [2.24, 2.45) is 0 Å². The van der Waals surface area contributed by atoms with Gasteiger partial charge in [0.2, 0.25) is 5.88 Å². The molecule has 0 atom stereocenters. The number of aromatic nitrogens is 4. The number of hydrogen-bond acceptors (Lipinski definition) is 8. The summed E-state index contributed by atoms with van der Waals surface area (Å²) in [5, 5.41) is 18.0. The number of carbonyl (C=O) groups is 1. The van der Waals surface area contributed by atoms with Crippen molar-refractivity contribution in [2.45, 2.75) is 13.0 Å². The van der Waals surface area contributed by atoms with Gasteiger partial charge in [-0.3, -0.25) is 4.79 Å². The Morgan fingerprint density at radius 2 is 2.03 bits per heavy atom. The number of benzene rings is 1. The monoisotopic (exact) mass is 418 g/mol. The van der Waals surface area contributed by atoms with Gasteiger partial charge in [-0.05, 0) is 30.5 Å². The van der Waals surface area contributed by atoms with Gasteiger partial charge in [0.15, 0.2) is 0 Å². The van der Waals surface area contributed by atoms with E-state index in [1.165, 1.54) is 0 Å². The van der Waals surface area contributed by atoms with Crippen LogP contribution in [0.2, 0.25) is 0 Å². The highest BCUT2D eigenvalue weighted by Gasteiger charge is 2.19. The molecule has 1 fully saturated rings. The van der Waals surface area contributed by atoms with Gasteiger partial charge in [-0.15, -0.1) is 10.2 Å². The van der Waals surface area contributed by atoms with Crippen LogP contribution in [0.5, 0.6) is 5.88 Å². The highest BCUT2D eigenvalue weighted by atomic mass is 32.1. The molecule has 1 amide bonds. The number of nitrogens with zero attached hydrogens (tertiary/aromatic N) is 4. The molecule has 1 saturated heterocycles. The van der Waals surface area contributed by atoms with Gasteiger partial charge in [-0.25, -0.2) is 9.97 Å². The molecular formula is C21H18N6O2S. The predicted octanol–water partition coefficient (Wildman–Crippen LogP) is 3.06. The second kappa shape index (κ2) is 7.77. The second-order valence-corrected chi connectivity index (χ2v) is 8.17. The van der Waals surface area contributed by atoms with Crippen molar-refractivity contribution in [1.29, 1.82) is 0 Å². The summed E-state index contributed by atoms with van der Waals surface area (Å²) in [7, 11) is 0. The van der Waals surface area contributed by atoms with Gasteiger partial charge in [0.05, 0.1) is 0 Å². The zero-order valence-corrected chi connectivity index (χ0v) is 16.9. The Morgan fingerprint density at radius 1 is 1.13 bits per heavy atom. The first-order chi connectivity index (χ1) is 14.6. The fourth-order valence-corrected chi connectivity index (χ4v) is 3.76. The van der Waals surface area contributed by atoms with Crippen LogP contribution in [0.15, 0.2) is 48.8 Å². The van der Waals surface area contributed by atoms with Crippen molar-refractivity contribution < 1.29 is 9.53 Å². The zero-order valence-electron chi connectivity index (χ0n) is 16.1. The molecular weight excluding hydrogens is 400 g/mol. The van der Waals surface area contributed by atoms with E-state index >= 15 is 0 Å². The number of fused-ring (bicyclic) bond motifs is 1. The molecule has 3 aromatic heterocycles. The minimum atomic E-state index is -0.267. The molecule has 0 aliphatic carbocycles. The maximum atomic E-state index is 12.7. The van der Waals surface area contributed by atoms with Crippen LogP contribution in [0.1, 0.15) is 15.4 Å². The summed E-state index contributed by atoms with van der Waals surface area (Å²) < 4.78 is 5.73. The lowest BCUT2D eigenvalue weighted by molar-refractivity contribution is 0.102. The second-order valence-electron chi connectivity index (χ2n) is 6.99. The summed E-state index contributed by atoms with van der Waals surface area (Å²) in [6.45, 7) is 3.51. The van der Waals surface area contributed by atoms with Crippen LogP contribution in [-0.2, 0) is 0 Å². The molecule has 0 spiro atoms. The van der Waals surface area contributed by atoms with Crippen LogP contribution < -0.4 is 15.4 Å². The van der Waals surface area contributed by atoms with E-state index in [4.69, 9.17) is 4.74 Å². The number of anilines is 1. The summed E-state index contributed by atoms with van der Waals surface area (Å²) in [6.07, 6.45) is 3.41. The van der Waals surface area contributed by atoms with E-state index in [9.17, 15) is 4.79 Å². The maximum absolute atomic E-state index is 12.7. The van der Waals surface area contributed by atoms with Crippen LogP contribution in [0.3, 0.4) is 0 Å². The van der Waals surface area contributed by atoms with E-state index < -0.39 is 0 Å². The van der Waals surface area contributed by atoms with Crippen LogP contribution in [0.4, 0.5) is 5.82 Å². The Morgan fingerprint density at radius 3 is 2.80 bits per heavy atom. The maximum Gasteiger partial charge on any atom is 0.257 e. The number of hydrogen-bond donors (Lipinski definition) is 2. The third kappa shape index (κ3) is 3.85. The number of rotatable bonds is 5. The van der Waals surface area contributed by atoms with Crippen molar-refractivity contribution in [2.75, 3.05) is 18.4 Å². The van der Waals surface area contributed by atoms with E-state index in [2.05, 4.69) is 30.8 Å². The third-order valence-corrected chi connectivity index (χ3v) is 5.65. The van der Waals surface area contributed by atoms with Crippen molar-refractivity contribution in [3.05, 3.63) is 59.4 Å². The number of pyridine rings is 2. The SMILES string of the molecule is Cc1nnc(-c2ccc3cnc(NC(=O)c4ccnc(OC5CNC5)c4)cc3c2)s1. The number of ether oxygens (including phenoxy) is 1. The first-order valence-corrected chi connectivity index (χ1v) is 10.3. The summed E-state index contributed by atoms with van der Waals surface area (Å²) in [6, 6.07) is 11.2. The Bertz CT molecular complexity index is 1240. The Hall–Kier alpha value is -3.43. The molecule has 0 bridgehead atoms. The first-order valence-electron chi connectivity index (χ1n) is 9.49. The molecule has 150 valence electrons. The highest BCUT2D eigenvalue weighted by molar-refractivity contribution is 7.14. The molecule has 8 nitrogen and oxygen atoms in total. The van der Waals surface area contributed by atoms with Gasteiger partial charge < -0.3 is 15.4 Å². The lowest BCUT2D eigenvalue weighted by Crippen LogP contribution is -2.50. The van der Waals surface area contributed by atoms with E-state index in [1.54, 1.807) is 35.9 Å². The topological polar surface area (TPSA) is 102 Å². The fourth-order valence-electron chi connectivity index (χ4n) is 3.08. The molecule has 1 aromatic carbocycles. The van der Waals surface area contributed by atoms with Gasteiger partial charge in [0.1, 0.15) is 21.9 Å². The molecule has 1 aliphatic rings. The highest BCUT2D eigenvalue weighted by Crippen LogP contribution is 2.27. The summed E-state index contributed by atoms with van der Waals surface area (Å²) in [5.74, 6) is 0.648. The van der Waals surface area contributed by atoms with Crippen molar-refractivity contribution >= 4 is 33.8 Å². The van der Waals surface area contributed by atoms with Crippen molar-refractivity contribution in [3.8, 4) is 16.5 Å². The van der Waals surface area contributed by atoms with E-state index in [0.717, 1.165) is 39.4 Å². The number of nitrogens with one attached hydrogen (secondary N) is 2. The molecule has 2 N–H and O–H groups in total. The minimum absolute atomic E-state index is 0.101. The van der Waals surface area contributed by atoms with Gasteiger partial charge in [0.25, 0.3) is 5.91 Å². The van der Waals surface area contributed by atoms with E-state index in [1.807, 2.05) is 31.2 Å². The largest absolute Gasteiger partial charge is 0.472 e. The van der Waals surface area contributed by atoms with Crippen LogP contribution in [0.25, 0.3) is 21.3 Å². The molecule has 0 saturated carbocycles. The molecule has 9 heteroatoms. The molecule has 4 heterocycles. The zero-order chi connectivity index (χ0) is 20.5. The standard InChI is InChI=1S/C21H18N6O2S/c1-12-26-27-21(30-12)14-2-3-15-9-24-18(7-16(15)6-14)25-20(28)13-4-5-23-19(8-13)29-17-10-22-11-17/h2-9,17,22H,10-11H2,1H3,(H,24,25,28).